The molecule has 1 heterocycles. The predicted molar refractivity (Wildman–Crippen MR) is 83.1 cm³/mol. The molecule has 2 rings (SSSR count). The maximum Gasteiger partial charge on any atom is 0.341 e. The molecule has 1 aromatic heterocycles. The summed E-state index contributed by atoms with van der Waals surface area (Å²) in [4.78, 5) is 28.2. The molecule has 5 heteroatoms. The second-order valence-electron chi connectivity index (χ2n) is 6.08. The van der Waals surface area contributed by atoms with Gasteiger partial charge in [0.1, 0.15) is 12.2 Å². The molecule has 0 radical (unpaired) electrons. The first-order valence-corrected chi connectivity index (χ1v) is 6.97. The van der Waals surface area contributed by atoms with Crippen molar-refractivity contribution in [2.45, 2.75) is 32.8 Å². The first-order valence-electron chi connectivity index (χ1n) is 6.97. The lowest BCUT2D eigenvalue weighted by Gasteiger charge is -2.19. The van der Waals surface area contributed by atoms with Crippen molar-refractivity contribution in [2.75, 3.05) is 0 Å². The molecule has 2 aromatic rings. The summed E-state index contributed by atoms with van der Waals surface area (Å²) >= 11 is 0. The monoisotopic (exact) mass is 301 g/mol. The van der Waals surface area contributed by atoms with Gasteiger partial charge in [-0.15, -0.1) is 0 Å². The minimum absolute atomic E-state index is 0.0755. The van der Waals surface area contributed by atoms with Crippen LogP contribution in [0.2, 0.25) is 0 Å². The molecule has 1 N–H and O–H groups in total. The van der Waals surface area contributed by atoms with Gasteiger partial charge < -0.3 is 9.94 Å². The molecule has 22 heavy (non-hydrogen) atoms. The normalized spacial score (nSPS) is 11.2. The Morgan fingerprint density at radius 3 is 2.36 bits per heavy atom. The topological polar surface area (TPSA) is 68.5 Å². The van der Waals surface area contributed by atoms with Gasteiger partial charge in [-0.25, -0.2) is 4.79 Å². The molecule has 0 unspecified atom stereocenters. The number of aromatic nitrogens is 1. The van der Waals surface area contributed by atoms with Gasteiger partial charge in [0.25, 0.3) is 5.56 Å². The van der Waals surface area contributed by atoms with Gasteiger partial charge in [0.15, 0.2) is 0 Å². The van der Waals surface area contributed by atoms with Gasteiger partial charge in [-0.1, -0.05) is 45.0 Å². The van der Waals surface area contributed by atoms with Gasteiger partial charge in [-0.3, -0.25) is 4.79 Å². The number of carbonyl (C=O) groups is 1. The molecule has 0 saturated carbocycles. The van der Waals surface area contributed by atoms with Gasteiger partial charge in [0, 0.05) is 6.20 Å². The van der Waals surface area contributed by atoms with Crippen molar-refractivity contribution < 1.29 is 14.7 Å². The first-order chi connectivity index (χ1) is 10.3. The van der Waals surface area contributed by atoms with Gasteiger partial charge >= 0.3 is 5.97 Å². The molecule has 0 aliphatic heterocycles. The van der Waals surface area contributed by atoms with Crippen LogP contribution in [-0.2, 0) is 12.0 Å². The Hall–Kier alpha value is -2.56. The Morgan fingerprint density at radius 1 is 1.18 bits per heavy atom. The number of carboxylic acid groups (broad SMARTS) is 1. The highest BCUT2D eigenvalue weighted by Crippen LogP contribution is 2.22. The molecule has 116 valence electrons. The minimum atomic E-state index is -1.27. The van der Waals surface area contributed by atoms with Crippen LogP contribution in [0.3, 0.4) is 0 Å². The fraction of sp³-hybridized carbons (Fsp3) is 0.294. The molecule has 0 bridgehead atoms. The van der Waals surface area contributed by atoms with Crippen molar-refractivity contribution in [3.8, 4) is 0 Å². The second-order valence-corrected chi connectivity index (χ2v) is 6.08. The Balaban J connectivity index is 2.12. The summed E-state index contributed by atoms with van der Waals surface area (Å²) in [6, 6.07) is 10.6. The van der Waals surface area contributed by atoms with Crippen LogP contribution in [0.25, 0.3) is 0 Å². The molecule has 1 aromatic carbocycles. The number of hydrogen-bond donors (Lipinski definition) is 1. The molecular formula is C17H19NO4. The third-order valence-corrected chi connectivity index (χ3v) is 3.34. The zero-order chi connectivity index (χ0) is 16.3. The molecular weight excluding hydrogens is 282 g/mol. The number of hydrogen-bond acceptors (Lipinski definition) is 3. The Morgan fingerprint density at radius 2 is 1.82 bits per heavy atom. The van der Waals surface area contributed by atoms with Crippen molar-refractivity contribution in [3.05, 3.63) is 69.6 Å². The van der Waals surface area contributed by atoms with Gasteiger partial charge in [0.05, 0.1) is 0 Å². The summed E-state index contributed by atoms with van der Waals surface area (Å²) in [5.74, 6) is -1.27. The van der Waals surface area contributed by atoms with Crippen molar-refractivity contribution in [2.24, 2.45) is 0 Å². The van der Waals surface area contributed by atoms with Crippen LogP contribution in [0.1, 0.15) is 42.3 Å². The van der Waals surface area contributed by atoms with Crippen molar-refractivity contribution in [1.29, 1.82) is 0 Å². The first kappa shape index (κ1) is 15.8. The van der Waals surface area contributed by atoms with Crippen LogP contribution >= 0.6 is 0 Å². The Bertz CT molecular complexity index is 724. The summed E-state index contributed by atoms with van der Waals surface area (Å²) < 4.78 is 0.946. The number of rotatable bonds is 4. The minimum Gasteiger partial charge on any atom is -0.477 e. The van der Waals surface area contributed by atoms with E-state index in [-0.39, 0.29) is 17.6 Å². The number of pyridine rings is 1. The maximum absolute atomic E-state index is 11.9. The fourth-order valence-corrected chi connectivity index (χ4v) is 1.98. The quantitative estimate of drug-likeness (QED) is 0.942. The standard InChI is InChI=1S/C17H19NO4/c1-17(2,3)13-8-6-12(7-9-13)11-22-18-10-4-5-14(15(18)19)16(20)21/h4-10H,11H2,1-3H3,(H,20,21). The number of benzene rings is 1. The van der Waals surface area contributed by atoms with Crippen LogP contribution < -0.4 is 10.4 Å². The molecule has 5 nitrogen and oxygen atoms in total. The Labute approximate surface area is 128 Å². The highest BCUT2D eigenvalue weighted by molar-refractivity contribution is 5.86. The zero-order valence-electron chi connectivity index (χ0n) is 12.9. The van der Waals surface area contributed by atoms with Crippen molar-refractivity contribution in [1.82, 2.24) is 4.73 Å². The third-order valence-electron chi connectivity index (χ3n) is 3.34. The maximum atomic E-state index is 11.9. The third kappa shape index (κ3) is 3.55. The number of carboxylic acids is 1. The van der Waals surface area contributed by atoms with E-state index in [1.54, 1.807) is 0 Å². The molecule has 0 aliphatic carbocycles. The van der Waals surface area contributed by atoms with Gasteiger partial charge in [-0.05, 0) is 28.7 Å². The van der Waals surface area contributed by atoms with E-state index in [0.29, 0.717) is 0 Å². The highest BCUT2D eigenvalue weighted by Gasteiger charge is 2.13. The lowest BCUT2D eigenvalue weighted by atomic mass is 9.87. The van der Waals surface area contributed by atoms with Gasteiger partial charge in [-0.2, -0.15) is 4.73 Å². The molecule has 0 spiro atoms. The average Bonchev–Trinajstić information content (AvgIpc) is 2.45. The second kappa shape index (κ2) is 6.05. The molecule has 0 fully saturated rings. The van der Waals surface area contributed by atoms with Crippen LogP contribution in [0.4, 0.5) is 0 Å². The molecule has 0 atom stereocenters. The van der Waals surface area contributed by atoms with E-state index in [2.05, 4.69) is 20.8 Å². The van der Waals surface area contributed by atoms with Crippen molar-refractivity contribution >= 4 is 5.97 Å². The van der Waals surface area contributed by atoms with Crippen LogP contribution in [0.15, 0.2) is 47.4 Å². The van der Waals surface area contributed by atoms with Crippen LogP contribution in [0.5, 0.6) is 0 Å². The molecule has 0 aliphatic rings. The molecule has 0 saturated heterocycles. The number of nitrogens with zero attached hydrogens (tertiary/aromatic N) is 1. The highest BCUT2D eigenvalue weighted by atomic mass is 16.7. The largest absolute Gasteiger partial charge is 0.477 e. The van der Waals surface area contributed by atoms with E-state index in [1.165, 1.54) is 23.9 Å². The lowest BCUT2D eigenvalue weighted by molar-refractivity contribution is 0.0668. The van der Waals surface area contributed by atoms with E-state index in [4.69, 9.17) is 9.94 Å². The van der Waals surface area contributed by atoms with E-state index in [0.717, 1.165) is 10.3 Å². The van der Waals surface area contributed by atoms with E-state index in [9.17, 15) is 9.59 Å². The fourth-order valence-electron chi connectivity index (χ4n) is 1.98. The zero-order valence-corrected chi connectivity index (χ0v) is 12.9. The summed E-state index contributed by atoms with van der Waals surface area (Å²) in [6.07, 6.45) is 1.40. The van der Waals surface area contributed by atoms with Crippen LogP contribution in [-0.4, -0.2) is 15.8 Å². The van der Waals surface area contributed by atoms with E-state index >= 15 is 0 Å². The molecule has 0 amide bonds. The summed E-state index contributed by atoms with van der Waals surface area (Å²) in [5.41, 5.74) is 1.19. The van der Waals surface area contributed by atoms with E-state index in [1.807, 2.05) is 24.3 Å². The Kier molecular flexibility index (Phi) is 4.35. The predicted octanol–water partition coefficient (Wildman–Crippen LogP) is 2.47. The average molecular weight is 301 g/mol. The summed E-state index contributed by atoms with van der Waals surface area (Å²) in [5, 5.41) is 8.91. The summed E-state index contributed by atoms with van der Waals surface area (Å²) in [6.45, 7) is 6.59. The SMILES string of the molecule is CC(C)(C)c1ccc(COn2cccc(C(=O)O)c2=O)cc1. The smallest absolute Gasteiger partial charge is 0.341 e. The lowest BCUT2D eigenvalue weighted by Crippen LogP contribution is -2.30. The van der Waals surface area contributed by atoms with Gasteiger partial charge in [0.2, 0.25) is 0 Å². The summed E-state index contributed by atoms with van der Waals surface area (Å²) in [7, 11) is 0. The number of aromatic carboxylic acids is 1. The van der Waals surface area contributed by atoms with Crippen molar-refractivity contribution in [3.63, 3.8) is 0 Å². The van der Waals surface area contributed by atoms with E-state index < -0.39 is 11.5 Å². The van der Waals surface area contributed by atoms with Crippen LogP contribution in [0, 0.1) is 0 Å².